The molecule has 5 heteroatoms. The second-order valence-electron chi connectivity index (χ2n) is 4.27. The van der Waals surface area contributed by atoms with Crippen molar-refractivity contribution in [3.05, 3.63) is 62.0 Å². The van der Waals surface area contributed by atoms with E-state index in [1.54, 1.807) is 12.1 Å². The number of nitrogens with two attached hydrogens (primary N) is 1. The van der Waals surface area contributed by atoms with Gasteiger partial charge in [0.2, 0.25) is 0 Å². The lowest BCUT2D eigenvalue weighted by Gasteiger charge is -2.16. The van der Waals surface area contributed by atoms with Crippen molar-refractivity contribution in [1.29, 1.82) is 0 Å². The molecular formula is C15H14BrCl2NO. The summed E-state index contributed by atoms with van der Waals surface area (Å²) >= 11 is 15.5. The predicted molar refractivity (Wildman–Crippen MR) is 87.8 cm³/mol. The Morgan fingerprint density at radius 2 is 1.90 bits per heavy atom. The van der Waals surface area contributed by atoms with Gasteiger partial charge in [-0.2, -0.15) is 0 Å². The average molecular weight is 375 g/mol. The molecule has 0 fully saturated rings. The van der Waals surface area contributed by atoms with Gasteiger partial charge in [-0.3, -0.25) is 0 Å². The van der Waals surface area contributed by atoms with Gasteiger partial charge in [-0.15, -0.1) is 0 Å². The zero-order valence-electron chi connectivity index (χ0n) is 10.9. The summed E-state index contributed by atoms with van der Waals surface area (Å²) in [6.07, 6.45) is 0. The van der Waals surface area contributed by atoms with Crippen molar-refractivity contribution in [2.75, 3.05) is 6.61 Å². The molecule has 0 bridgehead atoms. The van der Waals surface area contributed by atoms with Gasteiger partial charge in [-0.1, -0.05) is 51.3 Å². The summed E-state index contributed by atoms with van der Waals surface area (Å²) in [6.45, 7) is 2.58. The third-order valence-corrected chi connectivity index (χ3v) is 4.35. The molecule has 0 aliphatic rings. The van der Waals surface area contributed by atoms with Crippen LogP contribution in [0.3, 0.4) is 0 Å². The van der Waals surface area contributed by atoms with Crippen LogP contribution in [0.4, 0.5) is 0 Å². The number of hydrogen-bond donors (Lipinski definition) is 1. The van der Waals surface area contributed by atoms with Gasteiger partial charge in [-0.25, -0.2) is 0 Å². The number of rotatable bonds is 4. The Balaban J connectivity index is 2.32. The Hall–Kier alpha value is -0.740. The van der Waals surface area contributed by atoms with Gasteiger partial charge in [-0.05, 0) is 42.3 Å². The molecular weight excluding hydrogens is 361 g/mol. The van der Waals surface area contributed by atoms with Crippen molar-refractivity contribution >= 4 is 39.1 Å². The fourth-order valence-corrected chi connectivity index (χ4v) is 2.81. The van der Waals surface area contributed by atoms with Crippen LogP contribution in [0, 0.1) is 0 Å². The third kappa shape index (κ3) is 3.47. The van der Waals surface area contributed by atoms with Crippen LogP contribution < -0.4 is 10.5 Å². The van der Waals surface area contributed by atoms with E-state index in [1.807, 2.05) is 31.2 Å². The van der Waals surface area contributed by atoms with Crippen molar-refractivity contribution in [1.82, 2.24) is 0 Å². The predicted octanol–water partition coefficient (Wildman–Crippen LogP) is 5.20. The first-order valence-corrected chi connectivity index (χ1v) is 7.70. The van der Waals surface area contributed by atoms with Crippen molar-refractivity contribution in [3.8, 4) is 5.75 Å². The average Bonchev–Trinajstić information content (AvgIpc) is 2.42. The molecule has 0 aliphatic heterocycles. The van der Waals surface area contributed by atoms with E-state index in [0.29, 0.717) is 16.7 Å². The second kappa shape index (κ2) is 6.81. The van der Waals surface area contributed by atoms with Crippen molar-refractivity contribution in [2.24, 2.45) is 5.73 Å². The fourth-order valence-electron chi connectivity index (χ4n) is 1.90. The molecule has 20 heavy (non-hydrogen) atoms. The molecule has 2 nitrogen and oxygen atoms in total. The van der Waals surface area contributed by atoms with Crippen LogP contribution in [0.2, 0.25) is 10.0 Å². The van der Waals surface area contributed by atoms with Crippen molar-refractivity contribution < 1.29 is 4.74 Å². The highest BCUT2D eigenvalue weighted by molar-refractivity contribution is 9.10. The topological polar surface area (TPSA) is 35.2 Å². The lowest BCUT2D eigenvalue weighted by atomic mass is 9.99. The molecule has 0 aliphatic carbocycles. The summed E-state index contributed by atoms with van der Waals surface area (Å²) in [4.78, 5) is 0. The lowest BCUT2D eigenvalue weighted by Crippen LogP contribution is -2.12. The van der Waals surface area contributed by atoms with Crippen LogP contribution in [0.15, 0.2) is 40.9 Å². The minimum absolute atomic E-state index is 0.283. The summed E-state index contributed by atoms with van der Waals surface area (Å²) < 4.78 is 6.36. The quantitative estimate of drug-likeness (QED) is 0.797. The maximum Gasteiger partial charge on any atom is 0.120 e. The van der Waals surface area contributed by atoms with Gasteiger partial charge in [0.15, 0.2) is 0 Å². The van der Waals surface area contributed by atoms with Crippen LogP contribution in [-0.4, -0.2) is 6.61 Å². The molecule has 2 rings (SSSR count). The molecule has 0 heterocycles. The molecule has 106 valence electrons. The number of hydrogen-bond acceptors (Lipinski definition) is 2. The Bertz CT molecular complexity index is 619. The number of benzene rings is 2. The highest BCUT2D eigenvalue weighted by atomic mass is 79.9. The molecule has 2 N–H and O–H groups in total. The van der Waals surface area contributed by atoms with Gasteiger partial charge in [0.05, 0.1) is 22.7 Å². The van der Waals surface area contributed by atoms with Crippen molar-refractivity contribution in [3.63, 3.8) is 0 Å². The number of halogens is 3. The molecule has 0 saturated carbocycles. The van der Waals surface area contributed by atoms with Gasteiger partial charge in [0.1, 0.15) is 5.75 Å². The molecule has 2 aromatic rings. The van der Waals surface area contributed by atoms with E-state index in [-0.39, 0.29) is 6.04 Å². The van der Waals surface area contributed by atoms with Gasteiger partial charge >= 0.3 is 0 Å². The summed E-state index contributed by atoms with van der Waals surface area (Å²) in [6, 6.07) is 10.9. The second-order valence-corrected chi connectivity index (χ2v) is 5.94. The highest BCUT2D eigenvalue weighted by Crippen LogP contribution is 2.32. The van der Waals surface area contributed by atoms with E-state index in [2.05, 4.69) is 15.9 Å². The first-order chi connectivity index (χ1) is 9.52. The Labute approximate surface area is 137 Å². The summed E-state index contributed by atoms with van der Waals surface area (Å²) in [5.74, 6) is 0.810. The van der Waals surface area contributed by atoms with Crippen LogP contribution in [-0.2, 0) is 0 Å². The largest absolute Gasteiger partial charge is 0.494 e. The zero-order chi connectivity index (χ0) is 14.7. The molecule has 0 amide bonds. The standard InChI is InChI=1S/C15H14BrCl2NO/c1-2-20-10-4-5-11(12(16)8-10)15(19)9-3-6-13(17)14(18)7-9/h3-8,15H,2,19H2,1H3. The maximum atomic E-state index is 6.29. The van der Waals surface area contributed by atoms with E-state index < -0.39 is 0 Å². The number of ether oxygens (including phenoxy) is 1. The van der Waals surface area contributed by atoms with E-state index in [9.17, 15) is 0 Å². The monoisotopic (exact) mass is 373 g/mol. The zero-order valence-corrected chi connectivity index (χ0v) is 14.0. The normalized spacial score (nSPS) is 12.2. The summed E-state index contributed by atoms with van der Waals surface area (Å²) in [7, 11) is 0. The third-order valence-electron chi connectivity index (χ3n) is 2.92. The van der Waals surface area contributed by atoms with Gasteiger partial charge < -0.3 is 10.5 Å². The Morgan fingerprint density at radius 1 is 1.15 bits per heavy atom. The minimum Gasteiger partial charge on any atom is -0.494 e. The van der Waals surface area contributed by atoms with Crippen LogP contribution in [0.25, 0.3) is 0 Å². The molecule has 0 saturated heterocycles. The van der Waals surface area contributed by atoms with Crippen LogP contribution >= 0.6 is 39.1 Å². The molecule has 0 radical (unpaired) electrons. The first-order valence-electron chi connectivity index (χ1n) is 6.15. The van der Waals surface area contributed by atoms with E-state index in [4.69, 9.17) is 33.7 Å². The Morgan fingerprint density at radius 3 is 2.50 bits per heavy atom. The molecule has 1 unspecified atom stereocenters. The van der Waals surface area contributed by atoms with E-state index in [0.717, 1.165) is 21.3 Å². The van der Waals surface area contributed by atoms with Crippen molar-refractivity contribution in [2.45, 2.75) is 13.0 Å². The van der Waals surface area contributed by atoms with E-state index in [1.165, 1.54) is 0 Å². The van der Waals surface area contributed by atoms with Gasteiger partial charge in [0.25, 0.3) is 0 Å². The highest BCUT2D eigenvalue weighted by Gasteiger charge is 2.14. The Kier molecular flexibility index (Phi) is 5.33. The molecule has 1 atom stereocenters. The smallest absolute Gasteiger partial charge is 0.120 e. The van der Waals surface area contributed by atoms with E-state index >= 15 is 0 Å². The summed E-state index contributed by atoms with van der Waals surface area (Å²) in [5, 5.41) is 1.02. The fraction of sp³-hybridized carbons (Fsp3) is 0.200. The summed E-state index contributed by atoms with van der Waals surface area (Å²) in [5.41, 5.74) is 8.16. The lowest BCUT2D eigenvalue weighted by molar-refractivity contribution is 0.340. The maximum absolute atomic E-state index is 6.29. The molecule has 0 aromatic heterocycles. The SMILES string of the molecule is CCOc1ccc(C(N)c2ccc(Cl)c(Cl)c2)c(Br)c1. The van der Waals surface area contributed by atoms with Crippen LogP contribution in [0.1, 0.15) is 24.1 Å². The van der Waals surface area contributed by atoms with Crippen LogP contribution in [0.5, 0.6) is 5.75 Å². The van der Waals surface area contributed by atoms with Gasteiger partial charge in [0, 0.05) is 4.47 Å². The molecule has 2 aromatic carbocycles. The molecule has 0 spiro atoms. The first kappa shape index (κ1) is 15.6. The minimum atomic E-state index is -0.283.